The van der Waals surface area contributed by atoms with Crippen molar-refractivity contribution in [3.63, 3.8) is 0 Å². The third-order valence-corrected chi connectivity index (χ3v) is 3.94. The maximum atomic E-state index is 8.94. The normalized spacial score (nSPS) is 46.5. The molecule has 70 valence electrons. The average molecular weight is 169 g/mol. The summed E-state index contributed by atoms with van der Waals surface area (Å²) in [6.07, 6.45) is 3.70. The van der Waals surface area contributed by atoms with Crippen LogP contribution in [-0.2, 0) is 0 Å². The fourth-order valence-electron chi connectivity index (χ4n) is 2.78. The largest absolute Gasteiger partial charge is 0.396 e. The van der Waals surface area contributed by atoms with E-state index in [0.717, 1.165) is 12.3 Å². The van der Waals surface area contributed by atoms with Gasteiger partial charge in [-0.15, -0.1) is 0 Å². The van der Waals surface area contributed by atoms with Gasteiger partial charge < -0.3 is 10.0 Å². The fourth-order valence-corrected chi connectivity index (χ4v) is 2.78. The van der Waals surface area contributed by atoms with Crippen LogP contribution in [0.5, 0.6) is 0 Å². The lowest BCUT2D eigenvalue weighted by molar-refractivity contribution is -0.0309. The van der Waals surface area contributed by atoms with Crippen molar-refractivity contribution in [3.05, 3.63) is 0 Å². The summed E-state index contributed by atoms with van der Waals surface area (Å²) in [5.74, 6) is 0.755. The van der Waals surface area contributed by atoms with Crippen molar-refractivity contribution in [2.75, 3.05) is 26.2 Å². The molecule has 0 aliphatic carbocycles. The summed E-state index contributed by atoms with van der Waals surface area (Å²) >= 11 is 0. The lowest BCUT2D eigenvalue weighted by atomic mass is 9.65. The molecule has 1 N–H and O–H groups in total. The molecule has 0 amide bonds. The summed E-state index contributed by atoms with van der Waals surface area (Å²) in [6.45, 7) is 6.59. The molecule has 0 aromatic heterocycles. The lowest BCUT2D eigenvalue weighted by Crippen LogP contribution is -2.53. The van der Waals surface area contributed by atoms with Crippen LogP contribution in [0.3, 0.4) is 0 Å². The van der Waals surface area contributed by atoms with Gasteiger partial charge in [0.2, 0.25) is 0 Å². The Labute approximate surface area is 74.6 Å². The Bertz CT molecular complexity index is 161. The van der Waals surface area contributed by atoms with Crippen LogP contribution in [0.4, 0.5) is 0 Å². The smallest absolute Gasteiger partial charge is 0.0434 e. The quantitative estimate of drug-likeness (QED) is 0.669. The van der Waals surface area contributed by atoms with E-state index in [-0.39, 0.29) is 0 Å². The second kappa shape index (κ2) is 3.00. The van der Waals surface area contributed by atoms with Crippen molar-refractivity contribution in [2.24, 2.45) is 11.3 Å². The van der Waals surface area contributed by atoms with Gasteiger partial charge in [-0.25, -0.2) is 0 Å². The third-order valence-electron chi connectivity index (χ3n) is 3.94. The fraction of sp³-hybridized carbons (Fsp3) is 1.00. The molecule has 2 nitrogen and oxygen atoms in total. The minimum absolute atomic E-state index is 0.369. The molecule has 3 aliphatic rings. The second-order valence-corrected chi connectivity index (χ2v) is 4.66. The molecule has 0 saturated carbocycles. The van der Waals surface area contributed by atoms with E-state index in [2.05, 4.69) is 11.8 Å². The van der Waals surface area contributed by atoms with E-state index >= 15 is 0 Å². The zero-order valence-corrected chi connectivity index (χ0v) is 7.92. The number of hydrogen-bond donors (Lipinski definition) is 1. The second-order valence-electron chi connectivity index (χ2n) is 4.66. The van der Waals surface area contributed by atoms with Crippen molar-refractivity contribution >= 4 is 0 Å². The van der Waals surface area contributed by atoms with Crippen LogP contribution in [0.2, 0.25) is 0 Å². The Balaban J connectivity index is 2.05. The standard InChI is InChI=1S/C10H19NO/c1-10-3-5-11(6-4-10)8-9(10)2-7-12/h9,12H,2-8H2,1H3. The van der Waals surface area contributed by atoms with Gasteiger partial charge in [0.05, 0.1) is 0 Å². The predicted octanol–water partition coefficient (Wildman–Crippen LogP) is 1.10. The van der Waals surface area contributed by atoms with Crippen molar-refractivity contribution in [1.82, 2.24) is 4.90 Å². The van der Waals surface area contributed by atoms with Gasteiger partial charge in [-0.3, -0.25) is 0 Å². The van der Waals surface area contributed by atoms with E-state index < -0.39 is 0 Å². The summed E-state index contributed by atoms with van der Waals surface area (Å²) in [6, 6.07) is 0. The highest BCUT2D eigenvalue weighted by Crippen LogP contribution is 2.44. The molecule has 2 bridgehead atoms. The minimum atomic E-state index is 0.369. The molecule has 3 aliphatic heterocycles. The number of rotatable bonds is 2. The number of piperidine rings is 3. The first kappa shape index (κ1) is 8.52. The SMILES string of the molecule is CC12CCN(CC1)CC2CCO. The molecule has 0 aromatic carbocycles. The van der Waals surface area contributed by atoms with Crippen LogP contribution in [-0.4, -0.2) is 36.2 Å². The molecular weight excluding hydrogens is 150 g/mol. The van der Waals surface area contributed by atoms with E-state index in [0.29, 0.717) is 12.0 Å². The highest BCUT2D eigenvalue weighted by atomic mass is 16.3. The lowest BCUT2D eigenvalue weighted by Gasteiger charge is -2.52. The molecular formula is C10H19NO. The predicted molar refractivity (Wildman–Crippen MR) is 49.0 cm³/mol. The number of aliphatic hydroxyl groups excluding tert-OH is 1. The summed E-state index contributed by atoms with van der Waals surface area (Å²) in [5.41, 5.74) is 0.553. The summed E-state index contributed by atoms with van der Waals surface area (Å²) in [4.78, 5) is 2.55. The van der Waals surface area contributed by atoms with E-state index in [1.54, 1.807) is 0 Å². The Morgan fingerprint density at radius 1 is 1.42 bits per heavy atom. The Morgan fingerprint density at radius 3 is 2.58 bits per heavy atom. The van der Waals surface area contributed by atoms with E-state index in [1.807, 2.05) is 0 Å². The highest BCUT2D eigenvalue weighted by molar-refractivity contribution is 4.94. The number of fused-ring (bicyclic) bond motifs is 3. The van der Waals surface area contributed by atoms with Crippen molar-refractivity contribution in [1.29, 1.82) is 0 Å². The van der Waals surface area contributed by atoms with Crippen LogP contribution >= 0.6 is 0 Å². The molecule has 12 heavy (non-hydrogen) atoms. The van der Waals surface area contributed by atoms with Crippen LogP contribution in [0.25, 0.3) is 0 Å². The summed E-state index contributed by atoms with van der Waals surface area (Å²) in [5, 5.41) is 8.94. The molecule has 3 fully saturated rings. The molecule has 0 spiro atoms. The van der Waals surface area contributed by atoms with Gasteiger partial charge >= 0.3 is 0 Å². The first-order valence-corrected chi connectivity index (χ1v) is 5.08. The van der Waals surface area contributed by atoms with Crippen molar-refractivity contribution < 1.29 is 5.11 Å². The monoisotopic (exact) mass is 169 g/mol. The molecule has 0 radical (unpaired) electrons. The number of nitrogens with zero attached hydrogens (tertiary/aromatic N) is 1. The molecule has 2 heteroatoms. The van der Waals surface area contributed by atoms with Crippen LogP contribution < -0.4 is 0 Å². The van der Waals surface area contributed by atoms with Gasteiger partial charge in [-0.2, -0.15) is 0 Å². The zero-order chi connectivity index (χ0) is 8.60. The van der Waals surface area contributed by atoms with Gasteiger partial charge in [0.25, 0.3) is 0 Å². The van der Waals surface area contributed by atoms with Crippen LogP contribution in [0.1, 0.15) is 26.2 Å². The molecule has 3 saturated heterocycles. The zero-order valence-electron chi connectivity index (χ0n) is 7.92. The van der Waals surface area contributed by atoms with Gasteiger partial charge in [0.15, 0.2) is 0 Å². The maximum absolute atomic E-state index is 8.94. The first-order chi connectivity index (χ1) is 5.74. The Morgan fingerprint density at radius 2 is 2.08 bits per heavy atom. The third kappa shape index (κ3) is 1.27. The molecule has 3 rings (SSSR count). The van der Waals surface area contributed by atoms with Crippen LogP contribution in [0, 0.1) is 11.3 Å². The minimum Gasteiger partial charge on any atom is -0.396 e. The summed E-state index contributed by atoms with van der Waals surface area (Å²) in [7, 11) is 0. The molecule has 3 heterocycles. The molecule has 0 aromatic rings. The Kier molecular flexibility index (Phi) is 2.13. The first-order valence-electron chi connectivity index (χ1n) is 5.08. The van der Waals surface area contributed by atoms with Gasteiger partial charge in [0.1, 0.15) is 0 Å². The molecule has 1 unspecified atom stereocenters. The highest BCUT2D eigenvalue weighted by Gasteiger charge is 2.42. The summed E-state index contributed by atoms with van der Waals surface area (Å²) < 4.78 is 0. The van der Waals surface area contributed by atoms with E-state index in [4.69, 9.17) is 5.11 Å². The number of aliphatic hydroxyl groups is 1. The topological polar surface area (TPSA) is 23.5 Å². The van der Waals surface area contributed by atoms with Crippen molar-refractivity contribution in [3.8, 4) is 0 Å². The van der Waals surface area contributed by atoms with E-state index in [1.165, 1.54) is 32.5 Å². The van der Waals surface area contributed by atoms with E-state index in [9.17, 15) is 0 Å². The van der Waals surface area contributed by atoms with Crippen molar-refractivity contribution in [2.45, 2.75) is 26.2 Å². The Hall–Kier alpha value is -0.0800. The molecule has 1 atom stereocenters. The average Bonchev–Trinajstić information content (AvgIpc) is 2.08. The van der Waals surface area contributed by atoms with Gasteiger partial charge in [-0.05, 0) is 43.7 Å². The van der Waals surface area contributed by atoms with Gasteiger partial charge in [-0.1, -0.05) is 6.92 Å². The van der Waals surface area contributed by atoms with Crippen LogP contribution in [0.15, 0.2) is 0 Å². The number of hydrogen-bond acceptors (Lipinski definition) is 2. The maximum Gasteiger partial charge on any atom is 0.0434 e. The van der Waals surface area contributed by atoms with Gasteiger partial charge in [0, 0.05) is 13.2 Å².